The minimum Gasteiger partial charge on any atom is -0.304 e. The van der Waals surface area contributed by atoms with Gasteiger partial charge in [0.25, 0.3) is 0 Å². The lowest BCUT2D eigenvalue weighted by Crippen LogP contribution is -2.40. The first-order valence-corrected chi connectivity index (χ1v) is 7.23. The van der Waals surface area contributed by atoms with Crippen molar-refractivity contribution in [2.24, 2.45) is 0 Å². The molecule has 0 saturated carbocycles. The van der Waals surface area contributed by atoms with Crippen LogP contribution in [0.2, 0.25) is 0 Å². The van der Waals surface area contributed by atoms with Crippen LogP contribution in [-0.2, 0) is 0 Å². The van der Waals surface area contributed by atoms with Crippen molar-refractivity contribution in [3.8, 4) is 0 Å². The van der Waals surface area contributed by atoms with Crippen LogP contribution in [0.4, 0.5) is 4.39 Å². The van der Waals surface area contributed by atoms with Gasteiger partial charge in [0.05, 0.1) is 0 Å². The van der Waals surface area contributed by atoms with E-state index in [9.17, 15) is 4.39 Å². The average molecular weight is 249 g/mol. The van der Waals surface area contributed by atoms with E-state index in [1.54, 1.807) is 12.1 Å². The van der Waals surface area contributed by atoms with E-state index in [-0.39, 0.29) is 17.4 Å². The van der Waals surface area contributed by atoms with Crippen molar-refractivity contribution in [1.29, 1.82) is 0 Å². The molecule has 2 heteroatoms. The van der Waals surface area contributed by atoms with Gasteiger partial charge < -0.3 is 5.32 Å². The Morgan fingerprint density at radius 2 is 1.89 bits per heavy atom. The van der Waals surface area contributed by atoms with E-state index in [4.69, 9.17) is 0 Å². The molecule has 0 unspecified atom stereocenters. The molecule has 1 heterocycles. The van der Waals surface area contributed by atoms with Crippen molar-refractivity contribution in [3.05, 3.63) is 35.6 Å². The molecule has 1 aliphatic heterocycles. The Bertz CT molecular complexity index is 382. The van der Waals surface area contributed by atoms with Gasteiger partial charge >= 0.3 is 0 Å². The van der Waals surface area contributed by atoms with E-state index in [1.807, 2.05) is 12.1 Å². The van der Waals surface area contributed by atoms with Gasteiger partial charge in [-0.2, -0.15) is 0 Å². The van der Waals surface area contributed by atoms with Crippen LogP contribution in [0.25, 0.3) is 0 Å². The summed E-state index contributed by atoms with van der Waals surface area (Å²) in [6.45, 7) is 4.46. The molecule has 0 aliphatic carbocycles. The fourth-order valence-electron chi connectivity index (χ4n) is 3.40. The zero-order valence-electron chi connectivity index (χ0n) is 11.5. The molecular formula is C16H24FN. The highest BCUT2D eigenvalue weighted by Gasteiger charge is 2.37. The molecule has 0 aromatic heterocycles. The van der Waals surface area contributed by atoms with Crippen LogP contribution in [0, 0.1) is 5.82 Å². The smallest absolute Gasteiger partial charge is 0.127 e. The maximum Gasteiger partial charge on any atom is 0.127 e. The predicted octanol–water partition coefficient (Wildman–Crippen LogP) is 4.59. The van der Waals surface area contributed by atoms with Crippen LogP contribution >= 0.6 is 0 Å². The number of halogens is 1. The highest BCUT2D eigenvalue weighted by Crippen LogP contribution is 2.39. The number of hydrogen-bond acceptors (Lipinski definition) is 1. The molecule has 1 nitrogen and oxygen atoms in total. The lowest BCUT2D eigenvalue weighted by molar-refractivity contribution is 0.302. The molecule has 1 fully saturated rings. The minimum atomic E-state index is -0.0706. The van der Waals surface area contributed by atoms with Gasteiger partial charge in [-0.05, 0) is 31.7 Å². The summed E-state index contributed by atoms with van der Waals surface area (Å²) in [5, 5.41) is 3.72. The molecule has 0 bridgehead atoms. The summed E-state index contributed by atoms with van der Waals surface area (Å²) >= 11 is 0. The number of rotatable bonds is 5. The van der Waals surface area contributed by atoms with E-state index < -0.39 is 0 Å². The standard InChI is InChI=1S/C16H24FN/c1-3-10-16(11-4-2)12-9-15(18-16)13-7-5-6-8-14(13)17/h5-8,15,18H,3-4,9-12H2,1-2H3/t15-/m1/s1. The first kappa shape index (κ1) is 13.5. The second-order valence-electron chi connectivity index (χ2n) is 5.54. The summed E-state index contributed by atoms with van der Waals surface area (Å²) in [5.74, 6) is -0.0706. The third-order valence-corrected chi connectivity index (χ3v) is 4.13. The third-order valence-electron chi connectivity index (χ3n) is 4.13. The summed E-state index contributed by atoms with van der Waals surface area (Å²) in [6.07, 6.45) is 7.01. The molecular weight excluding hydrogens is 225 g/mol. The van der Waals surface area contributed by atoms with Crippen molar-refractivity contribution in [2.75, 3.05) is 0 Å². The predicted molar refractivity (Wildman–Crippen MR) is 74.1 cm³/mol. The average Bonchev–Trinajstić information content (AvgIpc) is 2.75. The quantitative estimate of drug-likeness (QED) is 0.804. The first-order valence-electron chi connectivity index (χ1n) is 7.23. The van der Waals surface area contributed by atoms with Crippen LogP contribution in [-0.4, -0.2) is 5.54 Å². The van der Waals surface area contributed by atoms with Gasteiger partial charge in [0, 0.05) is 17.1 Å². The second kappa shape index (κ2) is 5.83. The van der Waals surface area contributed by atoms with Crippen molar-refractivity contribution >= 4 is 0 Å². The molecule has 2 rings (SSSR count). The largest absolute Gasteiger partial charge is 0.304 e. The SMILES string of the molecule is CCCC1(CCC)CC[C@H](c2ccccc2F)N1. The molecule has 1 atom stereocenters. The molecule has 1 saturated heterocycles. The summed E-state index contributed by atoms with van der Waals surface area (Å²) < 4.78 is 13.8. The molecule has 0 amide bonds. The Labute approximate surface area is 110 Å². The number of nitrogens with one attached hydrogen (secondary N) is 1. The van der Waals surface area contributed by atoms with Crippen LogP contribution < -0.4 is 5.32 Å². The van der Waals surface area contributed by atoms with Crippen LogP contribution in [0.3, 0.4) is 0 Å². The highest BCUT2D eigenvalue weighted by atomic mass is 19.1. The van der Waals surface area contributed by atoms with Gasteiger partial charge in [-0.1, -0.05) is 44.9 Å². The van der Waals surface area contributed by atoms with Gasteiger partial charge in [0.1, 0.15) is 5.82 Å². The van der Waals surface area contributed by atoms with Crippen LogP contribution in [0.15, 0.2) is 24.3 Å². The summed E-state index contributed by atoms with van der Waals surface area (Å²) in [4.78, 5) is 0. The molecule has 0 radical (unpaired) electrons. The first-order chi connectivity index (χ1) is 8.71. The highest BCUT2D eigenvalue weighted by molar-refractivity contribution is 5.23. The molecule has 1 aromatic carbocycles. The van der Waals surface area contributed by atoms with Crippen LogP contribution in [0.1, 0.15) is 64.0 Å². The summed E-state index contributed by atoms with van der Waals surface area (Å²) in [5.41, 5.74) is 1.09. The van der Waals surface area contributed by atoms with Gasteiger partial charge in [-0.15, -0.1) is 0 Å². The molecule has 1 aliphatic rings. The molecule has 0 spiro atoms. The van der Waals surface area contributed by atoms with Gasteiger partial charge in [-0.25, -0.2) is 4.39 Å². The van der Waals surface area contributed by atoms with Crippen LogP contribution in [0.5, 0.6) is 0 Å². The Balaban J connectivity index is 2.13. The maximum atomic E-state index is 13.8. The molecule has 1 aromatic rings. The van der Waals surface area contributed by atoms with Gasteiger partial charge in [0.15, 0.2) is 0 Å². The fourth-order valence-corrected chi connectivity index (χ4v) is 3.40. The topological polar surface area (TPSA) is 12.0 Å². The van der Waals surface area contributed by atoms with E-state index in [0.29, 0.717) is 0 Å². The molecule has 18 heavy (non-hydrogen) atoms. The molecule has 1 N–H and O–H groups in total. The van der Waals surface area contributed by atoms with Crippen molar-refractivity contribution in [1.82, 2.24) is 5.32 Å². The summed E-state index contributed by atoms with van der Waals surface area (Å²) in [6, 6.07) is 7.38. The maximum absolute atomic E-state index is 13.8. The lowest BCUT2D eigenvalue weighted by atomic mass is 9.87. The molecule has 100 valence electrons. The lowest BCUT2D eigenvalue weighted by Gasteiger charge is -2.30. The van der Waals surface area contributed by atoms with E-state index in [2.05, 4.69) is 19.2 Å². The van der Waals surface area contributed by atoms with Gasteiger partial charge in [0.2, 0.25) is 0 Å². The Hall–Kier alpha value is -0.890. The third kappa shape index (κ3) is 2.74. The zero-order valence-corrected chi connectivity index (χ0v) is 11.5. The normalized spacial score (nSPS) is 22.3. The Morgan fingerprint density at radius 3 is 2.50 bits per heavy atom. The number of hydrogen-bond donors (Lipinski definition) is 1. The minimum absolute atomic E-state index is 0.0706. The number of benzene rings is 1. The fraction of sp³-hybridized carbons (Fsp3) is 0.625. The van der Waals surface area contributed by atoms with E-state index >= 15 is 0 Å². The van der Waals surface area contributed by atoms with Crippen molar-refractivity contribution < 1.29 is 4.39 Å². The zero-order chi connectivity index (χ0) is 13.0. The van der Waals surface area contributed by atoms with E-state index in [1.165, 1.54) is 32.1 Å². The Morgan fingerprint density at radius 1 is 1.22 bits per heavy atom. The van der Waals surface area contributed by atoms with Gasteiger partial charge in [-0.3, -0.25) is 0 Å². The van der Waals surface area contributed by atoms with Crippen molar-refractivity contribution in [3.63, 3.8) is 0 Å². The monoisotopic (exact) mass is 249 g/mol. The Kier molecular flexibility index (Phi) is 4.39. The van der Waals surface area contributed by atoms with Crippen molar-refractivity contribution in [2.45, 2.75) is 64.0 Å². The summed E-state index contributed by atoms with van der Waals surface area (Å²) in [7, 11) is 0. The second-order valence-corrected chi connectivity index (χ2v) is 5.54. The van der Waals surface area contributed by atoms with E-state index in [0.717, 1.165) is 12.0 Å².